The Morgan fingerprint density at radius 3 is 1.83 bits per heavy atom. The maximum Gasteiger partial charge on any atom is 0.243 e. The van der Waals surface area contributed by atoms with Crippen molar-refractivity contribution in [2.75, 3.05) is 45.5 Å². The molecule has 8 nitrogen and oxygen atoms in total. The van der Waals surface area contributed by atoms with E-state index < -0.39 is 15.9 Å². The summed E-state index contributed by atoms with van der Waals surface area (Å²) in [5, 5.41) is 5.30. The van der Waals surface area contributed by atoms with Gasteiger partial charge < -0.3 is 19.7 Å². The molecular formula is C14H25N3O5S. The van der Waals surface area contributed by atoms with E-state index in [1.54, 1.807) is 0 Å². The third-order valence-electron chi connectivity index (χ3n) is 3.36. The number of quaternary nitrogens is 1. The molecule has 0 radical (unpaired) electrons. The number of nitrogens with zero attached hydrogens (tertiary/aromatic N) is 1. The van der Waals surface area contributed by atoms with E-state index >= 15 is 0 Å². The van der Waals surface area contributed by atoms with Crippen LogP contribution >= 0.6 is 0 Å². The molecule has 0 aliphatic carbocycles. The lowest BCUT2D eigenvalue weighted by Gasteiger charge is -2.35. The fourth-order valence-electron chi connectivity index (χ4n) is 2.00. The first-order chi connectivity index (χ1) is 10.6. The van der Waals surface area contributed by atoms with Gasteiger partial charge in [-0.25, -0.2) is 8.42 Å². The number of nitrogens with one attached hydrogen (secondary N) is 2. The molecular weight excluding hydrogens is 322 g/mol. The van der Waals surface area contributed by atoms with Crippen molar-refractivity contribution in [1.29, 1.82) is 0 Å². The Balaban J connectivity index is 4.54. The molecule has 0 unspecified atom stereocenters. The maximum atomic E-state index is 11.2. The minimum absolute atomic E-state index is 0.215. The molecule has 0 bridgehead atoms. The highest BCUT2D eigenvalue weighted by Gasteiger charge is 2.21. The lowest BCUT2D eigenvalue weighted by molar-refractivity contribution is -0.907. The van der Waals surface area contributed by atoms with Crippen molar-refractivity contribution in [3.8, 4) is 0 Å². The number of carbonyl (C=O) groups excluding carboxylic acids is 2. The molecule has 0 fully saturated rings. The van der Waals surface area contributed by atoms with Crippen molar-refractivity contribution < 1.29 is 27.0 Å². The Kier molecular flexibility index (Phi) is 9.38. The molecule has 0 atom stereocenters. The Morgan fingerprint density at radius 2 is 1.48 bits per heavy atom. The summed E-state index contributed by atoms with van der Waals surface area (Å²) in [7, 11) is -2.38. The molecule has 0 aromatic carbocycles. The summed E-state index contributed by atoms with van der Waals surface area (Å²) >= 11 is 0. The Bertz CT molecular complexity index is 505. The maximum absolute atomic E-state index is 11.2. The first kappa shape index (κ1) is 21.3. The van der Waals surface area contributed by atoms with Gasteiger partial charge in [-0.05, 0) is 12.2 Å². The van der Waals surface area contributed by atoms with E-state index in [1.165, 1.54) is 12.2 Å². The second-order valence-electron chi connectivity index (χ2n) is 5.40. The first-order valence-electron chi connectivity index (χ1n) is 7.19. The zero-order valence-electron chi connectivity index (χ0n) is 13.4. The SMILES string of the molecule is C=CC(=O)NCC[N+](C)(CCCS(=O)(=O)[O-])CCNC(=O)C=C. The minimum Gasteiger partial charge on any atom is -0.748 e. The number of rotatable bonds is 12. The summed E-state index contributed by atoms with van der Waals surface area (Å²) in [6.07, 6.45) is 2.55. The molecule has 132 valence electrons. The van der Waals surface area contributed by atoms with Gasteiger partial charge in [0.25, 0.3) is 0 Å². The summed E-state index contributed by atoms with van der Waals surface area (Å²) < 4.78 is 32.5. The number of likely N-dealkylation sites (N-methyl/N-ethyl adjacent to an activating group) is 1. The normalized spacial score (nSPS) is 11.6. The van der Waals surface area contributed by atoms with Crippen LogP contribution in [0.4, 0.5) is 0 Å². The predicted molar refractivity (Wildman–Crippen MR) is 86.4 cm³/mol. The summed E-state index contributed by atoms with van der Waals surface area (Å²) in [6.45, 7) is 8.96. The van der Waals surface area contributed by atoms with Gasteiger partial charge in [0.2, 0.25) is 11.8 Å². The van der Waals surface area contributed by atoms with E-state index in [1.807, 2.05) is 7.05 Å². The lowest BCUT2D eigenvalue weighted by atomic mass is 10.3. The van der Waals surface area contributed by atoms with Gasteiger partial charge >= 0.3 is 0 Å². The number of amides is 2. The smallest absolute Gasteiger partial charge is 0.243 e. The lowest BCUT2D eigenvalue weighted by Crippen LogP contribution is -2.52. The van der Waals surface area contributed by atoms with Crippen LogP contribution in [0.1, 0.15) is 6.42 Å². The predicted octanol–water partition coefficient (Wildman–Crippen LogP) is -1.03. The molecule has 0 rings (SSSR count). The number of carbonyl (C=O) groups is 2. The van der Waals surface area contributed by atoms with Crippen LogP contribution in [0.2, 0.25) is 0 Å². The molecule has 0 aliphatic rings. The Hall–Kier alpha value is -1.71. The zero-order chi connectivity index (χ0) is 17.9. The van der Waals surface area contributed by atoms with Crippen molar-refractivity contribution in [2.45, 2.75) is 6.42 Å². The van der Waals surface area contributed by atoms with E-state index in [0.29, 0.717) is 37.2 Å². The van der Waals surface area contributed by atoms with Crippen molar-refractivity contribution in [1.82, 2.24) is 10.6 Å². The first-order valence-corrected chi connectivity index (χ1v) is 8.77. The van der Waals surface area contributed by atoms with Crippen LogP contribution in [-0.4, -0.2) is 74.8 Å². The van der Waals surface area contributed by atoms with Gasteiger partial charge in [0, 0.05) is 12.2 Å². The van der Waals surface area contributed by atoms with E-state index in [0.717, 1.165) is 0 Å². The average Bonchev–Trinajstić information content (AvgIpc) is 2.45. The van der Waals surface area contributed by atoms with Gasteiger partial charge in [0.15, 0.2) is 0 Å². The standard InChI is InChI=1S/C14H25N3O5S/c1-4-13(18)15-7-10-17(3,9-6-12-23(20,21)22)11-8-16-14(19)5-2/h4-5H,1-2,6-12H2,3H3,(H2-,15,16,18,19,20,21,22). The molecule has 0 saturated heterocycles. The molecule has 2 amide bonds. The monoisotopic (exact) mass is 347 g/mol. The molecule has 0 aromatic heterocycles. The van der Waals surface area contributed by atoms with E-state index in [9.17, 15) is 22.6 Å². The third kappa shape index (κ3) is 11.5. The Labute approximate surface area is 137 Å². The van der Waals surface area contributed by atoms with Crippen LogP contribution in [0.25, 0.3) is 0 Å². The molecule has 0 saturated carbocycles. The fourth-order valence-corrected chi connectivity index (χ4v) is 2.48. The number of hydrogen-bond donors (Lipinski definition) is 2. The van der Waals surface area contributed by atoms with Crippen LogP contribution in [0.15, 0.2) is 25.3 Å². The van der Waals surface area contributed by atoms with Gasteiger partial charge in [-0.3, -0.25) is 9.59 Å². The molecule has 2 N–H and O–H groups in total. The Morgan fingerprint density at radius 1 is 1.04 bits per heavy atom. The van der Waals surface area contributed by atoms with Crippen LogP contribution < -0.4 is 10.6 Å². The second-order valence-corrected chi connectivity index (χ2v) is 6.92. The van der Waals surface area contributed by atoms with E-state index in [4.69, 9.17) is 0 Å². The van der Waals surface area contributed by atoms with Gasteiger partial charge in [-0.15, -0.1) is 0 Å². The molecule has 0 spiro atoms. The fraction of sp³-hybridized carbons (Fsp3) is 0.571. The molecule has 23 heavy (non-hydrogen) atoms. The van der Waals surface area contributed by atoms with Gasteiger partial charge in [-0.1, -0.05) is 13.2 Å². The summed E-state index contributed by atoms with van der Waals surface area (Å²) in [5.41, 5.74) is 0. The topological polar surface area (TPSA) is 115 Å². The second kappa shape index (κ2) is 10.1. The highest BCUT2D eigenvalue weighted by atomic mass is 32.2. The minimum atomic E-state index is -4.25. The van der Waals surface area contributed by atoms with Crippen molar-refractivity contribution in [2.24, 2.45) is 0 Å². The highest BCUT2D eigenvalue weighted by molar-refractivity contribution is 7.85. The third-order valence-corrected chi connectivity index (χ3v) is 4.15. The molecule has 9 heteroatoms. The van der Waals surface area contributed by atoms with Crippen LogP contribution in [-0.2, 0) is 19.7 Å². The average molecular weight is 347 g/mol. The quantitative estimate of drug-likeness (QED) is 0.266. The summed E-state index contributed by atoms with van der Waals surface area (Å²) in [4.78, 5) is 22.3. The van der Waals surface area contributed by atoms with Crippen molar-refractivity contribution >= 4 is 21.9 Å². The van der Waals surface area contributed by atoms with Crippen molar-refractivity contribution in [3.63, 3.8) is 0 Å². The van der Waals surface area contributed by atoms with Crippen molar-refractivity contribution in [3.05, 3.63) is 25.3 Å². The van der Waals surface area contributed by atoms with Crippen LogP contribution in [0, 0.1) is 0 Å². The largest absolute Gasteiger partial charge is 0.748 e. The van der Waals surface area contributed by atoms with E-state index in [2.05, 4.69) is 23.8 Å². The van der Waals surface area contributed by atoms with Crippen LogP contribution in [0.3, 0.4) is 0 Å². The zero-order valence-corrected chi connectivity index (χ0v) is 14.2. The summed E-state index contributed by atoms with van der Waals surface area (Å²) in [5.74, 6) is -1.02. The highest BCUT2D eigenvalue weighted by Crippen LogP contribution is 2.04. The van der Waals surface area contributed by atoms with Gasteiger partial charge in [0.05, 0.1) is 49.9 Å². The molecule has 0 heterocycles. The van der Waals surface area contributed by atoms with Crippen LogP contribution in [0.5, 0.6) is 0 Å². The summed E-state index contributed by atoms with van der Waals surface area (Å²) in [6, 6.07) is 0. The van der Waals surface area contributed by atoms with Gasteiger partial charge in [0.1, 0.15) is 0 Å². The van der Waals surface area contributed by atoms with E-state index in [-0.39, 0.29) is 18.2 Å². The number of hydrogen-bond acceptors (Lipinski definition) is 5. The van der Waals surface area contributed by atoms with Gasteiger partial charge in [-0.2, -0.15) is 0 Å². The molecule has 0 aromatic rings. The molecule has 0 aliphatic heterocycles.